The zero-order chi connectivity index (χ0) is 25.0. The lowest BCUT2D eigenvalue weighted by atomic mass is 10.0. The summed E-state index contributed by atoms with van der Waals surface area (Å²) in [6.45, 7) is 4.42. The number of carbonyl (C=O) groups is 2. The van der Waals surface area contributed by atoms with Crippen molar-refractivity contribution in [2.24, 2.45) is 0 Å². The topological polar surface area (TPSA) is 49.4 Å². The molecule has 0 unspecified atom stereocenters. The summed E-state index contributed by atoms with van der Waals surface area (Å²) in [4.78, 5) is 30.0. The van der Waals surface area contributed by atoms with E-state index >= 15 is 0 Å². The van der Waals surface area contributed by atoms with Gasteiger partial charge in [0.25, 0.3) is 0 Å². The molecule has 2 amide bonds. The van der Waals surface area contributed by atoms with E-state index in [4.69, 9.17) is 0 Å². The van der Waals surface area contributed by atoms with Crippen LogP contribution in [-0.2, 0) is 22.6 Å². The van der Waals surface area contributed by atoms with Gasteiger partial charge in [-0.15, -0.1) is 11.8 Å². The van der Waals surface area contributed by atoms with Gasteiger partial charge >= 0.3 is 0 Å². The van der Waals surface area contributed by atoms with E-state index in [9.17, 15) is 9.59 Å². The van der Waals surface area contributed by atoms with Crippen molar-refractivity contribution in [3.63, 3.8) is 0 Å². The maximum Gasteiger partial charge on any atom is 0.243 e. The Labute approximate surface area is 221 Å². The first-order chi connectivity index (χ1) is 17.0. The highest BCUT2D eigenvalue weighted by atomic mass is 79.9. The average Bonchev–Trinajstić information content (AvgIpc) is 2.88. The second-order valence-corrected chi connectivity index (χ2v) is 10.7. The first-order valence-corrected chi connectivity index (χ1v) is 13.8. The molecule has 2 atom stereocenters. The molecule has 0 saturated heterocycles. The predicted octanol–water partition coefficient (Wildman–Crippen LogP) is 6.49. The highest BCUT2D eigenvalue weighted by Crippen LogP contribution is 2.21. The molecule has 3 rings (SSSR count). The molecular weight excluding hydrogens is 520 g/mol. The minimum Gasteiger partial charge on any atom is -0.352 e. The molecule has 184 valence electrons. The van der Waals surface area contributed by atoms with Crippen LogP contribution in [-0.4, -0.2) is 34.6 Å². The Kier molecular flexibility index (Phi) is 10.9. The van der Waals surface area contributed by atoms with Crippen LogP contribution < -0.4 is 5.32 Å². The van der Waals surface area contributed by atoms with E-state index in [1.54, 1.807) is 16.7 Å². The number of thioether (sulfide) groups is 1. The zero-order valence-electron chi connectivity index (χ0n) is 20.3. The third-order valence-electron chi connectivity index (χ3n) is 5.87. The largest absolute Gasteiger partial charge is 0.352 e. The number of amides is 2. The van der Waals surface area contributed by atoms with Gasteiger partial charge in [-0.3, -0.25) is 9.59 Å². The van der Waals surface area contributed by atoms with E-state index in [0.717, 1.165) is 26.9 Å². The smallest absolute Gasteiger partial charge is 0.243 e. The van der Waals surface area contributed by atoms with Gasteiger partial charge in [-0.1, -0.05) is 83.5 Å². The second kappa shape index (κ2) is 14.1. The summed E-state index contributed by atoms with van der Waals surface area (Å²) >= 11 is 5.14. The lowest BCUT2D eigenvalue weighted by Crippen LogP contribution is -2.52. The Morgan fingerprint density at radius 3 is 2.17 bits per heavy atom. The summed E-state index contributed by atoms with van der Waals surface area (Å²) in [6.07, 6.45) is 1.66. The Hall–Kier alpha value is -2.57. The van der Waals surface area contributed by atoms with Crippen LogP contribution in [0.2, 0.25) is 0 Å². The van der Waals surface area contributed by atoms with E-state index in [1.165, 1.54) is 0 Å². The summed E-state index contributed by atoms with van der Waals surface area (Å²) in [6, 6.07) is 27.4. The van der Waals surface area contributed by atoms with Crippen LogP contribution in [0, 0.1) is 0 Å². The normalized spacial score (nSPS) is 12.5. The van der Waals surface area contributed by atoms with Crippen LogP contribution in [0.3, 0.4) is 0 Å². The molecule has 4 nitrogen and oxygen atoms in total. The van der Waals surface area contributed by atoms with E-state index < -0.39 is 6.04 Å². The Balaban J connectivity index is 1.85. The molecule has 0 bridgehead atoms. The molecule has 0 heterocycles. The number of nitrogens with zero attached hydrogens (tertiary/aromatic N) is 1. The van der Waals surface area contributed by atoms with Gasteiger partial charge in [0.1, 0.15) is 6.04 Å². The number of benzene rings is 3. The molecular formula is C29H33BrN2O2S. The number of rotatable bonds is 12. The second-order valence-electron chi connectivity index (χ2n) is 8.58. The fourth-order valence-electron chi connectivity index (χ4n) is 3.70. The van der Waals surface area contributed by atoms with Crippen LogP contribution in [0.15, 0.2) is 94.3 Å². The zero-order valence-corrected chi connectivity index (χ0v) is 22.7. The van der Waals surface area contributed by atoms with Crippen molar-refractivity contribution < 1.29 is 9.59 Å². The Morgan fingerprint density at radius 1 is 0.914 bits per heavy atom. The number of nitrogens with one attached hydrogen (secondary N) is 1. The molecule has 0 spiro atoms. The van der Waals surface area contributed by atoms with E-state index in [1.807, 2.05) is 98.8 Å². The van der Waals surface area contributed by atoms with Crippen LogP contribution >= 0.6 is 27.7 Å². The maximum absolute atomic E-state index is 13.6. The van der Waals surface area contributed by atoms with Crippen molar-refractivity contribution in [1.82, 2.24) is 10.2 Å². The molecule has 0 aliphatic rings. The van der Waals surface area contributed by atoms with E-state index in [0.29, 0.717) is 25.1 Å². The van der Waals surface area contributed by atoms with Crippen molar-refractivity contribution in [2.45, 2.75) is 56.6 Å². The average molecular weight is 554 g/mol. The SMILES string of the molecule is CC[C@H](C)NC(=O)[C@@H](Cc1ccccc1)N(Cc1ccc(Br)cc1)C(=O)CCSc1ccccc1. The van der Waals surface area contributed by atoms with Crippen LogP contribution in [0.4, 0.5) is 0 Å². The molecule has 1 N–H and O–H groups in total. The quantitative estimate of drug-likeness (QED) is 0.261. The van der Waals surface area contributed by atoms with Crippen LogP contribution in [0.25, 0.3) is 0 Å². The lowest BCUT2D eigenvalue weighted by molar-refractivity contribution is -0.141. The van der Waals surface area contributed by atoms with Crippen molar-refractivity contribution >= 4 is 39.5 Å². The number of carbonyl (C=O) groups excluding carboxylic acids is 2. The van der Waals surface area contributed by atoms with Crippen molar-refractivity contribution in [1.29, 1.82) is 0 Å². The molecule has 0 aliphatic heterocycles. The van der Waals surface area contributed by atoms with E-state index in [-0.39, 0.29) is 17.9 Å². The summed E-state index contributed by atoms with van der Waals surface area (Å²) in [5.74, 6) is 0.533. The Bertz CT molecular complexity index is 1060. The van der Waals surface area contributed by atoms with Gasteiger partial charge in [-0.25, -0.2) is 0 Å². The fourth-order valence-corrected chi connectivity index (χ4v) is 4.82. The fraction of sp³-hybridized carbons (Fsp3) is 0.310. The number of hydrogen-bond donors (Lipinski definition) is 1. The minimum atomic E-state index is -0.593. The van der Waals surface area contributed by atoms with Crippen LogP contribution in [0.1, 0.15) is 37.8 Å². The standard InChI is InChI=1S/C29H33BrN2O2S/c1-3-22(2)31-29(34)27(20-23-10-6-4-7-11-23)32(21-24-14-16-25(30)17-15-24)28(33)18-19-35-26-12-8-5-9-13-26/h4-17,22,27H,3,18-21H2,1-2H3,(H,31,34)/t22-,27+/m0/s1. The van der Waals surface area contributed by atoms with Gasteiger partial charge in [-0.05, 0) is 48.7 Å². The van der Waals surface area contributed by atoms with Gasteiger partial charge < -0.3 is 10.2 Å². The first kappa shape index (κ1) is 27.0. The van der Waals surface area contributed by atoms with Gasteiger partial charge in [0.2, 0.25) is 11.8 Å². The predicted molar refractivity (Wildman–Crippen MR) is 148 cm³/mol. The molecule has 0 aliphatic carbocycles. The minimum absolute atomic E-state index is 0.0171. The third-order valence-corrected chi connectivity index (χ3v) is 7.41. The van der Waals surface area contributed by atoms with Crippen molar-refractivity contribution in [2.75, 3.05) is 5.75 Å². The highest BCUT2D eigenvalue weighted by molar-refractivity contribution is 9.10. The maximum atomic E-state index is 13.6. The highest BCUT2D eigenvalue weighted by Gasteiger charge is 2.30. The molecule has 3 aromatic carbocycles. The molecule has 0 saturated carbocycles. The summed E-state index contributed by atoms with van der Waals surface area (Å²) in [5.41, 5.74) is 2.02. The lowest BCUT2D eigenvalue weighted by Gasteiger charge is -2.32. The van der Waals surface area contributed by atoms with Crippen molar-refractivity contribution in [3.05, 3.63) is 101 Å². The molecule has 0 aromatic heterocycles. The third kappa shape index (κ3) is 8.86. The monoisotopic (exact) mass is 552 g/mol. The van der Waals surface area contributed by atoms with Gasteiger partial charge in [-0.2, -0.15) is 0 Å². The van der Waals surface area contributed by atoms with Gasteiger partial charge in [0, 0.05) is 40.5 Å². The number of hydrogen-bond acceptors (Lipinski definition) is 3. The first-order valence-electron chi connectivity index (χ1n) is 12.0. The molecule has 3 aromatic rings. The van der Waals surface area contributed by atoms with Crippen molar-refractivity contribution in [3.8, 4) is 0 Å². The van der Waals surface area contributed by atoms with Gasteiger partial charge in [0.05, 0.1) is 0 Å². The molecule has 0 fully saturated rings. The Morgan fingerprint density at radius 2 is 1.54 bits per heavy atom. The summed E-state index contributed by atoms with van der Waals surface area (Å²) in [5, 5.41) is 3.12. The van der Waals surface area contributed by atoms with E-state index in [2.05, 4.69) is 21.2 Å². The molecule has 0 radical (unpaired) electrons. The molecule has 35 heavy (non-hydrogen) atoms. The summed E-state index contributed by atoms with van der Waals surface area (Å²) < 4.78 is 0.980. The van der Waals surface area contributed by atoms with Crippen LogP contribution in [0.5, 0.6) is 0 Å². The van der Waals surface area contributed by atoms with Gasteiger partial charge in [0.15, 0.2) is 0 Å². The molecule has 6 heteroatoms. The number of halogens is 1. The summed E-state index contributed by atoms with van der Waals surface area (Å²) in [7, 11) is 0.